The van der Waals surface area contributed by atoms with Gasteiger partial charge in [-0.3, -0.25) is 9.59 Å². The maximum Gasteiger partial charge on any atom is 0.324 e. The van der Waals surface area contributed by atoms with Gasteiger partial charge >= 0.3 is 11.9 Å². The average Bonchev–Trinajstić information content (AvgIpc) is 3.10. The Morgan fingerprint density at radius 3 is 2.06 bits per heavy atom. The molecule has 0 aliphatic heterocycles. The van der Waals surface area contributed by atoms with Gasteiger partial charge in [-0.1, -0.05) is 87.1 Å². The quantitative estimate of drug-likeness (QED) is 0.687. The molecule has 1 saturated carbocycles. The summed E-state index contributed by atoms with van der Waals surface area (Å²) in [4.78, 5) is 25.3. The lowest BCUT2D eigenvalue weighted by molar-refractivity contribution is -0.160. The number of aliphatic carboxylic acids is 1. The number of ether oxygens (including phenoxy) is 1. The normalized spacial score (nSPS) is 24.1. The van der Waals surface area contributed by atoms with Gasteiger partial charge in [-0.25, -0.2) is 0 Å². The molecule has 4 rings (SSSR count). The summed E-state index contributed by atoms with van der Waals surface area (Å²) in [6.07, 6.45) is 6.41. The number of hydrogen-bond acceptors (Lipinski definition) is 4. The van der Waals surface area contributed by atoms with Crippen molar-refractivity contribution >= 4 is 11.9 Å². The van der Waals surface area contributed by atoms with Crippen LogP contribution in [0.25, 0.3) is 11.1 Å². The van der Waals surface area contributed by atoms with Gasteiger partial charge in [0.05, 0.1) is 5.92 Å². The van der Waals surface area contributed by atoms with Crippen molar-refractivity contribution in [3.63, 3.8) is 0 Å². The molecule has 1 fully saturated rings. The zero-order chi connectivity index (χ0) is 21.8. The summed E-state index contributed by atoms with van der Waals surface area (Å²) < 4.78 is 5.81. The molecule has 2 aromatic carbocycles. The van der Waals surface area contributed by atoms with Crippen LogP contribution in [0.5, 0.6) is 0 Å². The van der Waals surface area contributed by atoms with E-state index in [0.717, 1.165) is 60.8 Å². The highest BCUT2D eigenvalue weighted by Gasteiger charge is 2.46. The maximum atomic E-state index is 13.2. The molecule has 5 nitrogen and oxygen atoms in total. The van der Waals surface area contributed by atoms with E-state index in [-0.39, 0.29) is 12.5 Å². The van der Waals surface area contributed by atoms with Crippen LogP contribution < -0.4 is 5.73 Å². The SMILES string of the molecule is NC1(C(=O)O)CCCCCCCCC1C(=O)OCC1c2ccccc2-c2ccccc21. The van der Waals surface area contributed by atoms with Gasteiger partial charge in [-0.15, -0.1) is 0 Å². The Bertz CT molecular complexity index is 910. The summed E-state index contributed by atoms with van der Waals surface area (Å²) in [5.74, 6) is -2.46. The minimum atomic E-state index is -1.57. The van der Waals surface area contributed by atoms with Gasteiger partial charge in [-0.2, -0.15) is 0 Å². The molecule has 2 unspecified atom stereocenters. The van der Waals surface area contributed by atoms with Crippen molar-refractivity contribution in [1.82, 2.24) is 0 Å². The predicted octanol–water partition coefficient (Wildman–Crippen LogP) is 4.87. The van der Waals surface area contributed by atoms with E-state index in [2.05, 4.69) is 24.3 Å². The van der Waals surface area contributed by atoms with Crippen LogP contribution >= 0.6 is 0 Å². The Morgan fingerprint density at radius 1 is 0.903 bits per heavy atom. The summed E-state index contributed by atoms with van der Waals surface area (Å²) >= 11 is 0. The van der Waals surface area contributed by atoms with Gasteiger partial charge in [0.25, 0.3) is 0 Å². The fourth-order valence-corrected chi connectivity index (χ4v) is 5.19. The number of nitrogens with two attached hydrogens (primary N) is 1. The Kier molecular flexibility index (Phi) is 6.42. The van der Waals surface area contributed by atoms with E-state index in [1.807, 2.05) is 24.3 Å². The second-order valence-electron chi connectivity index (χ2n) is 8.92. The van der Waals surface area contributed by atoms with Crippen molar-refractivity contribution in [3.8, 4) is 11.1 Å². The first-order valence-corrected chi connectivity index (χ1v) is 11.4. The van der Waals surface area contributed by atoms with Crippen LogP contribution in [0.2, 0.25) is 0 Å². The third-order valence-electron chi connectivity index (χ3n) is 6.99. The summed E-state index contributed by atoms with van der Waals surface area (Å²) in [7, 11) is 0. The number of hydrogen-bond donors (Lipinski definition) is 2. The third kappa shape index (κ3) is 4.24. The predicted molar refractivity (Wildman–Crippen MR) is 120 cm³/mol. The lowest BCUT2D eigenvalue weighted by Gasteiger charge is -2.33. The number of benzene rings is 2. The highest BCUT2D eigenvalue weighted by Crippen LogP contribution is 2.44. The molecule has 0 aromatic heterocycles. The molecule has 31 heavy (non-hydrogen) atoms. The largest absolute Gasteiger partial charge is 0.480 e. The van der Waals surface area contributed by atoms with Crippen LogP contribution in [0.1, 0.15) is 68.4 Å². The second kappa shape index (κ2) is 9.23. The third-order valence-corrected chi connectivity index (χ3v) is 6.99. The molecule has 0 amide bonds. The van der Waals surface area contributed by atoms with Gasteiger partial charge in [0.2, 0.25) is 0 Å². The number of rotatable bonds is 4. The number of fused-ring (bicyclic) bond motifs is 3. The standard InChI is InChI=1S/C26H31NO4/c27-26(25(29)30)16-10-4-2-1-3-5-15-23(26)24(28)31-17-22-20-13-8-6-11-18(20)19-12-7-9-14-21(19)22/h6-9,11-14,22-23H,1-5,10,15-17,27H2,(H,29,30). The Labute approximate surface area is 183 Å². The molecule has 2 aliphatic rings. The van der Waals surface area contributed by atoms with Crippen molar-refractivity contribution in [1.29, 1.82) is 0 Å². The van der Waals surface area contributed by atoms with Crippen LogP contribution in [0.15, 0.2) is 48.5 Å². The van der Waals surface area contributed by atoms with Crippen molar-refractivity contribution < 1.29 is 19.4 Å². The van der Waals surface area contributed by atoms with Crippen LogP contribution in [0, 0.1) is 5.92 Å². The molecule has 2 aliphatic carbocycles. The minimum Gasteiger partial charge on any atom is -0.480 e. The van der Waals surface area contributed by atoms with Gasteiger partial charge in [0.1, 0.15) is 12.1 Å². The van der Waals surface area contributed by atoms with Crippen molar-refractivity contribution in [2.75, 3.05) is 6.61 Å². The van der Waals surface area contributed by atoms with Crippen LogP contribution in [-0.4, -0.2) is 29.2 Å². The Morgan fingerprint density at radius 2 is 1.45 bits per heavy atom. The first-order valence-electron chi connectivity index (χ1n) is 11.4. The molecule has 0 heterocycles. The number of esters is 1. The fourth-order valence-electron chi connectivity index (χ4n) is 5.19. The topological polar surface area (TPSA) is 89.6 Å². The Hall–Kier alpha value is -2.66. The molecule has 164 valence electrons. The van der Waals surface area contributed by atoms with Crippen LogP contribution in [-0.2, 0) is 14.3 Å². The molecule has 2 aromatic rings. The Balaban J connectivity index is 1.54. The van der Waals surface area contributed by atoms with E-state index in [1.165, 1.54) is 0 Å². The van der Waals surface area contributed by atoms with Gasteiger partial charge in [0, 0.05) is 5.92 Å². The second-order valence-corrected chi connectivity index (χ2v) is 8.92. The molecule has 0 saturated heterocycles. The molecular weight excluding hydrogens is 390 g/mol. The van der Waals surface area contributed by atoms with Gasteiger partial charge in [-0.05, 0) is 35.1 Å². The molecule has 0 bridgehead atoms. The lowest BCUT2D eigenvalue weighted by atomic mass is 9.76. The molecular formula is C26H31NO4. The lowest BCUT2D eigenvalue weighted by Crippen LogP contribution is -2.57. The number of carboxylic acids is 1. The van der Waals surface area contributed by atoms with E-state index < -0.39 is 23.4 Å². The number of carbonyl (C=O) groups excluding carboxylic acids is 1. The van der Waals surface area contributed by atoms with E-state index in [9.17, 15) is 14.7 Å². The van der Waals surface area contributed by atoms with Crippen LogP contribution in [0.4, 0.5) is 0 Å². The monoisotopic (exact) mass is 421 g/mol. The summed E-state index contributed by atoms with van der Waals surface area (Å²) in [6.45, 7) is 0.194. The van der Waals surface area contributed by atoms with E-state index in [4.69, 9.17) is 10.5 Å². The number of carboxylic acid groups (broad SMARTS) is 1. The van der Waals surface area contributed by atoms with Crippen LogP contribution in [0.3, 0.4) is 0 Å². The van der Waals surface area contributed by atoms with Gasteiger partial charge in [0.15, 0.2) is 0 Å². The molecule has 0 radical (unpaired) electrons. The highest BCUT2D eigenvalue weighted by atomic mass is 16.5. The van der Waals surface area contributed by atoms with Gasteiger partial charge < -0.3 is 15.6 Å². The zero-order valence-electron chi connectivity index (χ0n) is 17.9. The molecule has 2 atom stereocenters. The van der Waals surface area contributed by atoms with E-state index >= 15 is 0 Å². The summed E-state index contributed by atoms with van der Waals surface area (Å²) in [5, 5.41) is 9.90. The van der Waals surface area contributed by atoms with Crippen molar-refractivity contribution in [3.05, 3.63) is 59.7 Å². The van der Waals surface area contributed by atoms with E-state index in [1.54, 1.807) is 0 Å². The minimum absolute atomic E-state index is 0.0483. The van der Waals surface area contributed by atoms with E-state index in [0.29, 0.717) is 12.8 Å². The summed E-state index contributed by atoms with van der Waals surface area (Å²) in [6, 6.07) is 16.3. The highest BCUT2D eigenvalue weighted by molar-refractivity contribution is 5.87. The van der Waals surface area contributed by atoms with Crippen molar-refractivity contribution in [2.24, 2.45) is 11.7 Å². The average molecular weight is 422 g/mol. The zero-order valence-corrected chi connectivity index (χ0v) is 17.9. The maximum absolute atomic E-state index is 13.2. The summed E-state index contributed by atoms with van der Waals surface area (Å²) in [5.41, 5.74) is 9.41. The smallest absolute Gasteiger partial charge is 0.324 e. The fraction of sp³-hybridized carbons (Fsp3) is 0.462. The molecule has 5 heteroatoms. The first kappa shape index (κ1) is 21.6. The van der Waals surface area contributed by atoms with Crippen molar-refractivity contribution in [2.45, 2.75) is 62.8 Å². The molecule has 0 spiro atoms. The number of carbonyl (C=O) groups is 2. The first-order chi connectivity index (χ1) is 15.0. The molecule has 3 N–H and O–H groups in total.